The quantitative estimate of drug-likeness (QED) is 0.907. The minimum atomic E-state index is -0.507. The molecule has 1 N–H and O–H groups in total. The zero-order valence-electron chi connectivity index (χ0n) is 10.6. The van der Waals surface area contributed by atoms with Crippen molar-refractivity contribution in [2.75, 3.05) is 18.0 Å². The highest BCUT2D eigenvalue weighted by atomic mass is 35.5. The van der Waals surface area contributed by atoms with Crippen molar-refractivity contribution < 1.29 is 5.11 Å². The lowest BCUT2D eigenvalue weighted by Crippen LogP contribution is -2.50. The van der Waals surface area contributed by atoms with Crippen molar-refractivity contribution in [3.8, 4) is 5.69 Å². The number of benzene rings is 1. The fourth-order valence-corrected chi connectivity index (χ4v) is 2.68. The molecule has 0 unspecified atom stereocenters. The summed E-state index contributed by atoms with van der Waals surface area (Å²) in [5.41, 5.74) is 0.791. The van der Waals surface area contributed by atoms with Crippen molar-refractivity contribution in [3.05, 3.63) is 49.8 Å². The van der Waals surface area contributed by atoms with Crippen molar-refractivity contribution in [2.24, 2.45) is 0 Å². The van der Waals surface area contributed by atoms with Gasteiger partial charge in [0, 0.05) is 13.1 Å². The SMILES string of the molecule is O=c1c(Cl)c(Cl)cnn1-c1ccc(N2CC(O)C2)c(Cl)c1. The summed E-state index contributed by atoms with van der Waals surface area (Å²) in [4.78, 5) is 14.0. The number of aliphatic hydroxyl groups is 1. The van der Waals surface area contributed by atoms with Gasteiger partial charge < -0.3 is 10.0 Å². The number of aliphatic hydroxyl groups excluding tert-OH is 1. The molecule has 0 aliphatic carbocycles. The molecule has 21 heavy (non-hydrogen) atoms. The van der Waals surface area contributed by atoms with Crippen LogP contribution in [0.25, 0.3) is 5.69 Å². The summed E-state index contributed by atoms with van der Waals surface area (Å²) in [6, 6.07) is 5.12. The first kappa shape index (κ1) is 14.7. The maximum absolute atomic E-state index is 12.0. The first-order valence-corrected chi connectivity index (χ1v) is 7.27. The van der Waals surface area contributed by atoms with Gasteiger partial charge in [-0.05, 0) is 18.2 Å². The van der Waals surface area contributed by atoms with Crippen molar-refractivity contribution in [2.45, 2.75) is 6.10 Å². The van der Waals surface area contributed by atoms with Crippen molar-refractivity contribution in [1.82, 2.24) is 9.78 Å². The number of aromatic nitrogens is 2. The molecule has 3 rings (SSSR count). The fourth-order valence-electron chi connectivity index (χ4n) is 2.13. The standard InChI is InChI=1S/C13H10Cl3N3O2/c14-9-3-7(1-2-11(9)18-5-8(20)6-18)19-13(21)12(16)10(15)4-17-19/h1-4,8,20H,5-6H2. The number of rotatable bonds is 2. The van der Waals surface area contributed by atoms with E-state index in [0.717, 1.165) is 10.4 Å². The fraction of sp³-hybridized carbons (Fsp3) is 0.231. The Balaban J connectivity index is 1.99. The van der Waals surface area contributed by atoms with Gasteiger partial charge in [0.25, 0.3) is 5.56 Å². The molecule has 1 aliphatic rings. The Kier molecular flexibility index (Phi) is 3.84. The molecule has 2 heterocycles. The number of nitrogens with zero attached hydrogens (tertiary/aromatic N) is 3. The van der Waals surface area contributed by atoms with E-state index in [9.17, 15) is 9.90 Å². The van der Waals surface area contributed by atoms with E-state index < -0.39 is 5.56 Å². The third kappa shape index (κ3) is 2.62. The predicted octanol–water partition coefficient (Wildman–Crippen LogP) is 2.37. The maximum atomic E-state index is 12.0. The Labute approximate surface area is 135 Å². The maximum Gasteiger partial charge on any atom is 0.291 e. The molecule has 0 spiro atoms. The molecule has 0 amide bonds. The third-order valence-electron chi connectivity index (χ3n) is 3.26. The Morgan fingerprint density at radius 1 is 1.19 bits per heavy atom. The highest BCUT2D eigenvalue weighted by Crippen LogP contribution is 2.31. The largest absolute Gasteiger partial charge is 0.389 e. The van der Waals surface area contributed by atoms with Gasteiger partial charge in [-0.3, -0.25) is 4.79 Å². The highest BCUT2D eigenvalue weighted by molar-refractivity contribution is 6.41. The van der Waals surface area contributed by atoms with Gasteiger partial charge in [0.05, 0.1) is 33.7 Å². The predicted molar refractivity (Wildman–Crippen MR) is 83.1 cm³/mol. The molecular formula is C13H10Cl3N3O2. The Hall–Kier alpha value is -1.27. The first-order chi connectivity index (χ1) is 9.97. The van der Waals surface area contributed by atoms with Gasteiger partial charge in [-0.1, -0.05) is 34.8 Å². The molecule has 5 nitrogen and oxygen atoms in total. The first-order valence-electron chi connectivity index (χ1n) is 6.13. The smallest absolute Gasteiger partial charge is 0.291 e. The molecule has 0 bridgehead atoms. The summed E-state index contributed by atoms with van der Waals surface area (Å²) in [6.07, 6.45) is 0.985. The number of hydrogen-bond donors (Lipinski definition) is 1. The zero-order chi connectivity index (χ0) is 15.1. The van der Waals surface area contributed by atoms with Gasteiger partial charge >= 0.3 is 0 Å². The van der Waals surface area contributed by atoms with Crippen LogP contribution in [0.1, 0.15) is 0 Å². The monoisotopic (exact) mass is 345 g/mol. The van der Waals surface area contributed by atoms with Gasteiger partial charge in [-0.15, -0.1) is 0 Å². The van der Waals surface area contributed by atoms with Gasteiger partial charge in [0.15, 0.2) is 0 Å². The normalized spacial score (nSPS) is 15.1. The highest BCUT2D eigenvalue weighted by Gasteiger charge is 2.26. The van der Waals surface area contributed by atoms with Crippen LogP contribution in [0.15, 0.2) is 29.2 Å². The van der Waals surface area contributed by atoms with Crippen LogP contribution in [-0.4, -0.2) is 34.1 Å². The lowest BCUT2D eigenvalue weighted by atomic mass is 10.1. The number of anilines is 1. The average Bonchev–Trinajstić information content (AvgIpc) is 2.42. The average molecular weight is 347 g/mol. The van der Waals surface area contributed by atoms with Crippen LogP contribution in [0.4, 0.5) is 5.69 Å². The van der Waals surface area contributed by atoms with E-state index >= 15 is 0 Å². The Morgan fingerprint density at radius 2 is 1.90 bits per heavy atom. The van der Waals surface area contributed by atoms with Crippen molar-refractivity contribution in [3.63, 3.8) is 0 Å². The number of hydrogen-bond acceptors (Lipinski definition) is 4. The minimum Gasteiger partial charge on any atom is -0.389 e. The third-order valence-corrected chi connectivity index (χ3v) is 4.31. The van der Waals surface area contributed by atoms with E-state index in [0.29, 0.717) is 23.8 Å². The molecule has 0 atom stereocenters. The van der Waals surface area contributed by atoms with Crippen LogP contribution in [0, 0.1) is 0 Å². The molecule has 2 aromatic rings. The molecule has 110 valence electrons. The molecule has 1 saturated heterocycles. The van der Waals surface area contributed by atoms with E-state index in [4.69, 9.17) is 34.8 Å². The van der Waals surface area contributed by atoms with E-state index in [1.807, 2.05) is 4.90 Å². The zero-order valence-corrected chi connectivity index (χ0v) is 12.9. The Morgan fingerprint density at radius 3 is 2.52 bits per heavy atom. The summed E-state index contributed by atoms with van der Waals surface area (Å²) in [7, 11) is 0. The van der Waals surface area contributed by atoms with E-state index in [-0.39, 0.29) is 16.1 Å². The molecule has 1 fully saturated rings. The molecule has 8 heteroatoms. The molecule has 0 radical (unpaired) electrons. The molecule has 0 saturated carbocycles. The number of halogens is 3. The van der Waals surface area contributed by atoms with Crippen LogP contribution in [0.2, 0.25) is 15.1 Å². The number of β-amino-alcohol motifs (C(OH)–C–C–N with tert-alkyl or cyclic N) is 1. The van der Waals surface area contributed by atoms with E-state index in [1.54, 1.807) is 18.2 Å². The van der Waals surface area contributed by atoms with E-state index in [1.165, 1.54) is 6.20 Å². The van der Waals surface area contributed by atoms with Gasteiger partial charge in [0.1, 0.15) is 5.02 Å². The van der Waals surface area contributed by atoms with Crippen molar-refractivity contribution in [1.29, 1.82) is 0 Å². The summed E-state index contributed by atoms with van der Waals surface area (Å²) >= 11 is 17.8. The van der Waals surface area contributed by atoms with Crippen LogP contribution >= 0.6 is 34.8 Å². The van der Waals surface area contributed by atoms with E-state index in [2.05, 4.69) is 5.10 Å². The van der Waals surface area contributed by atoms with Gasteiger partial charge in [-0.2, -0.15) is 9.78 Å². The van der Waals surface area contributed by atoms with Crippen LogP contribution in [0.5, 0.6) is 0 Å². The summed E-state index contributed by atoms with van der Waals surface area (Å²) in [6.45, 7) is 1.09. The second-order valence-corrected chi connectivity index (χ2v) is 5.91. The van der Waals surface area contributed by atoms with Crippen molar-refractivity contribution >= 4 is 40.5 Å². The summed E-state index contributed by atoms with van der Waals surface area (Å²) < 4.78 is 1.13. The minimum absolute atomic E-state index is 0.0854. The van der Waals surface area contributed by atoms with Crippen LogP contribution in [0.3, 0.4) is 0 Å². The molecule has 1 aliphatic heterocycles. The lowest BCUT2D eigenvalue weighted by molar-refractivity contribution is 0.142. The van der Waals surface area contributed by atoms with Gasteiger partial charge in [0.2, 0.25) is 0 Å². The second-order valence-electron chi connectivity index (χ2n) is 4.72. The van der Waals surface area contributed by atoms with Gasteiger partial charge in [-0.25, -0.2) is 0 Å². The molecular weight excluding hydrogens is 337 g/mol. The Bertz CT molecular complexity index is 757. The second kappa shape index (κ2) is 5.50. The lowest BCUT2D eigenvalue weighted by Gasteiger charge is -2.38. The summed E-state index contributed by atoms with van der Waals surface area (Å²) in [5.74, 6) is 0. The molecule has 1 aromatic heterocycles. The summed E-state index contributed by atoms with van der Waals surface area (Å²) in [5, 5.41) is 13.8. The topological polar surface area (TPSA) is 58.4 Å². The molecule has 1 aromatic carbocycles. The van der Waals surface area contributed by atoms with Crippen LogP contribution < -0.4 is 10.5 Å². The van der Waals surface area contributed by atoms with Crippen LogP contribution in [-0.2, 0) is 0 Å².